The standard InChI is InChI=1S/C18H14ClF3N2O2S/c1-9-11(19)3-2-4-12(9)23-16(25)8-15-17(26)24-13-7-10(18(20,21)22)5-6-14(13)27-15/h2-7,15H,8H2,1H3,(H,23,25)(H,24,26)/t15-/m1/s1. The molecule has 0 spiro atoms. The van der Waals surface area contributed by atoms with Gasteiger partial charge in [0.2, 0.25) is 11.8 Å². The predicted molar refractivity (Wildman–Crippen MR) is 99.2 cm³/mol. The molecule has 0 radical (unpaired) electrons. The van der Waals surface area contributed by atoms with E-state index in [-0.39, 0.29) is 18.0 Å². The molecule has 0 saturated carbocycles. The highest BCUT2D eigenvalue weighted by atomic mass is 35.5. The molecule has 1 atom stereocenters. The van der Waals surface area contributed by atoms with Gasteiger partial charge in [-0.05, 0) is 42.8 Å². The minimum absolute atomic E-state index is 0.0992. The number of nitrogens with one attached hydrogen (secondary N) is 2. The molecule has 9 heteroatoms. The van der Waals surface area contributed by atoms with Gasteiger partial charge >= 0.3 is 6.18 Å². The van der Waals surface area contributed by atoms with Crippen LogP contribution in [0.4, 0.5) is 24.5 Å². The first-order valence-corrected chi connectivity index (χ1v) is 9.14. The van der Waals surface area contributed by atoms with Gasteiger partial charge in [0.05, 0.1) is 16.5 Å². The molecular weight excluding hydrogens is 401 g/mol. The van der Waals surface area contributed by atoms with E-state index in [9.17, 15) is 22.8 Å². The summed E-state index contributed by atoms with van der Waals surface area (Å²) in [6.45, 7) is 1.76. The Morgan fingerprint density at radius 3 is 2.74 bits per heavy atom. The fraction of sp³-hybridized carbons (Fsp3) is 0.222. The summed E-state index contributed by atoms with van der Waals surface area (Å²) in [4.78, 5) is 25.0. The third-order valence-corrected chi connectivity index (χ3v) is 5.72. The van der Waals surface area contributed by atoms with E-state index in [4.69, 9.17) is 11.6 Å². The third kappa shape index (κ3) is 4.39. The number of carbonyl (C=O) groups is 2. The van der Waals surface area contributed by atoms with Crippen molar-refractivity contribution in [3.63, 3.8) is 0 Å². The number of alkyl halides is 3. The second kappa shape index (κ2) is 7.44. The first-order valence-electron chi connectivity index (χ1n) is 7.89. The summed E-state index contributed by atoms with van der Waals surface area (Å²) in [6.07, 6.45) is -4.61. The normalized spacial score (nSPS) is 16.5. The Balaban J connectivity index is 1.71. The molecule has 0 fully saturated rings. The molecule has 142 valence electrons. The number of hydrogen-bond donors (Lipinski definition) is 2. The number of hydrogen-bond acceptors (Lipinski definition) is 3. The maximum absolute atomic E-state index is 12.8. The number of amides is 2. The zero-order chi connectivity index (χ0) is 19.8. The van der Waals surface area contributed by atoms with E-state index in [1.165, 1.54) is 6.07 Å². The molecule has 3 rings (SSSR count). The topological polar surface area (TPSA) is 58.2 Å². The Kier molecular flexibility index (Phi) is 5.39. The van der Waals surface area contributed by atoms with Crippen LogP contribution in [-0.4, -0.2) is 17.1 Å². The zero-order valence-corrected chi connectivity index (χ0v) is 15.6. The Hall–Kier alpha value is -2.19. The SMILES string of the molecule is Cc1c(Cl)cccc1NC(=O)C[C@H]1Sc2ccc(C(F)(F)F)cc2NC1=O. The molecule has 0 bridgehead atoms. The lowest BCUT2D eigenvalue weighted by atomic mass is 10.1. The zero-order valence-electron chi connectivity index (χ0n) is 14.0. The van der Waals surface area contributed by atoms with Crippen LogP contribution in [0.25, 0.3) is 0 Å². The van der Waals surface area contributed by atoms with Crippen LogP contribution >= 0.6 is 23.4 Å². The first-order chi connectivity index (χ1) is 12.6. The van der Waals surface area contributed by atoms with Gasteiger partial charge in [0.1, 0.15) is 0 Å². The van der Waals surface area contributed by atoms with Crippen molar-refractivity contribution in [2.45, 2.75) is 29.7 Å². The molecule has 2 N–H and O–H groups in total. The van der Waals surface area contributed by atoms with Crippen LogP contribution in [-0.2, 0) is 15.8 Å². The van der Waals surface area contributed by atoms with Crippen molar-refractivity contribution in [2.24, 2.45) is 0 Å². The summed E-state index contributed by atoms with van der Waals surface area (Å²) in [6, 6.07) is 8.24. The largest absolute Gasteiger partial charge is 0.416 e. The number of fused-ring (bicyclic) bond motifs is 1. The Morgan fingerprint density at radius 2 is 2.04 bits per heavy atom. The molecule has 27 heavy (non-hydrogen) atoms. The van der Waals surface area contributed by atoms with Gasteiger partial charge in [0.25, 0.3) is 0 Å². The van der Waals surface area contributed by atoms with E-state index in [1.54, 1.807) is 25.1 Å². The lowest BCUT2D eigenvalue weighted by Gasteiger charge is -2.24. The van der Waals surface area contributed by atoms with Crippen molar-refractivity contribution >= 4 is 46.6 Å². The second-order valence-electron chi connectivity index (χ2n) is 5.97. The first kappa shape index (κ1) is 19.6. The number of benzene rings is 2. The highest BCUT2D eigenvalue weighted by Crippen LogP contribution is 2.40. The van der Waals surface area contributed by atoms with Gasteiger partial charge in [-0.25, -0.2) is 0 Å². The molecule has 2 aromatic rings. The van der Waals surface area contributed by atoms with Gasteiger partial charge in [0.15, 0.2) is 0 Å². The summed E-state index contributed by atoms with van der Waals surface area (Å²) >= 11 is 7.08. The highest BCUT2D eigenvalue weighted by Gasteiger charge is 2.34. The van der Waals surface area contributed by atoms with Gasteiger partial charge in [-0.15, -0.1) is 11.8 Å². The number of thioether (sulfide) groups is 1. The van der Waals surface area contributed by atoms with E-state index in [1.807, 2.05) is 0 Å². The molecule has 0 aliphatic carbocycles. The molecule has 2 aromatic carbocycles. The van der Waals surface area contributed by atoms with Crippen molar-refractivity contribution < 1.29 is 22.8 Å². The summed E-state index contributed by atoms with van der Waals surface area (Å²) < 4.78 is 38.4. The third-order valence-electron chi connectivity index (χ3n) is 4.04. The van der Waals surface area contributed by atoms with Crippen LogP contribution in [0.1, 0.15) is 17.5 Å². The molecule has 4 nitrogen and oxygen atoms in total. The van der Waals surface area contributed by atoms with Crippen LogP contribution in [0.3, 0.4) is 0 Å². The van der Waals surface area contributed by atoms with E-state index in [0.29, 0.717) is 21.2 Å². The summed E-state index contributed by atoms with van der Waals surface area (Å²) in [5.74, 6) is -0.895. The van der Waals surface area contributed by atoms with E-state index < -0.39 is 22.9 Å². The van der Waals surface area contributed by atoms with Crippen molar-refractivity contribution in [3.8, 4) is 0 Å². The van der Waals surface area contributed by atoms with Crippen molar-refractivity contribution in [3.05, 3.63) is 52.5 Å². The molecular formula is C18H14ClF3N2O2S. The van der Waals surface area contributed by atoms with E-state index >= 15 is 0 Å². The van der Waals surface area contributed by atoms with Gasteiger partial charge in [0, 0.05) is 22.0 Å². The smallest absolute Gasteiger partial charge is 0.326 e. The molecule has 0 saturated heterocycles. The maximum Gasteiger partial charge on any atom is 0.416 e. The highest BCUT2D eigenvalue weighted by molar-refractivity contribution is 8.01. The Labute approximate surface area is 162 Å². The van der Waals surface area contributed by atoms with Crippen LogP contribution in [0.2, 0.25) is 5.02 Å². The van der Waals surface area contributed by atoms with Crippen molar-refractivity contribution in [1.29, 1.82) is 0 Å². The molecule has 1 aliphatic heterocycles. The summed E-state index contributed by atoms with van der Waals surface area (Å²) in [5, 5.41) is 4.92. The van der Waals surface area contributed by atoms with Crippen LogP contribution < -0.4 is 10.6 Å². The number of halogens is 4. The average molecular weight is 415 g/mol. The monoisotopic (exact) mass is 414 g/mol. The van der Waals surface area contributed by atoms with Crippen LogP contribution in [0, 0.1) is 6.92 Å². The average Bonchev–Trinajstić information content (AvgIpc) is 2.58. The van der Waals surface area contributed by atoms with Crippen LogP contribution in [0.15, 0.2) is 41.3 Å². The second-order valence-corrected chi connectivity index (χ2v) is 7.62. The fourth-order valence-corrected chi connectivity index (χ4v) is 3.84. The van der Waals surface area contributed by atoms with Crippen molar-refractivity contribution in [2.75, 3.05) is 10.6 Å². The number of rotatable bonds is 3. The lowest BCUT2D eigenvalue weighted by Crippen LogP contribution is -2.32. The molecule has 1 aliphatic rings. The fourth-order valence-electron chi connectivity index (χ4n) is 2.57. The van der Waals surface area contributed by atoms with Gasteiger partial charge < -0.3 is 10.6 Å². The summed E-state index contributed by atoms with van der Waals surface area (Å²) in [5.41, 5.74) is 0.513. The van der Waals surface area contributed by atoms with Crippen LogP contribution in [0.5, 0.6) is 0 Å². The number of anilines is 2. The Bertz CT molecular complexity index is 918. The van der Waals surface area contributed by atoms with E-state index in [2.05, 4.69) is 10.6 Å². The summed E-state index contributed by atoms with van der Waals surface area (Å²) in [7, 11) is 0. The molecule has 0 unspecified atom stereocenters. The predicted octanol–water partition coefficient (Wildman–Crippen LogP) is 5.11. The Morgan fingerprint density at radius 1 is 1.30 bits per heavy atom. The lowest BCUT2D eigenvalue weighted by molar-refractivity contribution is -0.137. The number of carbonyl (C=O) groups excluding carboxylic acids is 2. The van der Waals surface area contributed by atoms with Crippen molar-refractivity contribution in [1.82, 2.24) is 0 Å². The van der Waals surface area contributed by atoms with Gasteiger partial charge in [-0.1, -0.05) is 17.7 Å². The maximum atomic E-state index is 12.8. The minimum Gasteiger partial charge on any atom is -0.326 e. The molecule has 2 amide bonds. The molecule has 1 heterocycles. The molecule has 0 aromatic heterocycles. The van der Waals surface area contributed by atoms with Gasteiger partial charge in [-0.3, -0.25) is 9.59 Å². The quantitative estimate of drug-likeness (QED) is 0.733. The minimum atomic E-state index is -4.49. The van der Waals surface area contributed by atoms with E-state index in [0.717, 1.165) is 23.9 Å². The van der Waals surface area contributed by atoms with Gasteiger partial charge in [-0.2, -0.15) is 13.2 Å².